The van der Waals surface area contributed by atoms with Crippen molar-refractivity contribution < 1.29 is 24.5 Å². The van der Waals surface area contributed by atoms with E-state index in [1.165, 1.54) is 37.4 Å². The van der Waals surface area contributed by atoms with Crippen LogP contribution in [0.1, 0.15) is 0 Å². The maximum absolute atomic E-state index is 14.0. The van der Waals surface area contributed by atoms with Gasteiger partial charge < -0.3 is 4.98 Å². The van der Waals surface area contributed by atoms with E-state index in [0.717, 1.165) is 22.5 Å². The van der Waals surface area contributed by atoms with Gasteiger partial charge >= 0.3 is 0 Å². The van der Waals surface area contributed by atoms with Crippen molar-refractivity contribution in [2.75, 3.05) is 0 Å². The molecule has 0 saturated heterocycles. The number of fused-ring (bicyclic) bond motifs is 4. The van der Waals surface area contributed by atoms with Crippen LogP contribution in [-0.4, -0.2) is 9.97 Å². The number of rotatable bonds is 3. The van der Waals surface area contributed by atoms with Crippen molar-refractivity contribution in [2.24, 2.45) is 0 Å². The second-order valence-corrected chi connectivity index (χ2v) is 10.8. The number of thiophene rings is 1. The van der Waals surface area contributed by atoms with Gasteiger partial charge in [0.1, 0.15) is 5.82 Å². The first-order valence-corrected chi connectivity index (χ1v) is 14.4. The molecule has 3 aromatic heterocycles. The van der Waals surface area contributed by atoms with Crippen molar-refractivity contribution in [3.8, 4) is 33.6 Å². The van der Waals surface area contributed by atoms with Crippen molar-refractivity contribution in [3.05, 3.63) is 158 Å². The number of aromatic nitrogens is 2. The molecule has 5 heteroatoms. The monoisotopic (exact) mass is 751 g/mol. The maximum Gasteiger partial charge on any atom is 0.132 e. The molecule has 3 heterocycles. The van der Waals surface area contributed by atoms with E-state index in [0.29, 0.717) is 10.9 Å². The second-order valence-electron chi connectivity index (χ2n) is 9.77. The third-order valence-electron chi connectivity index (χ3n) is 7.12. The van der Waals surface area contributed by atoms with Gasteiger partial charge in [-0.1, -0.05) is 84.2 Å². The minimum Gasteiger partial charge on any atom is -0.305 e. The summed E-state index contributed by atoms with van der Waals surface area (Å²) in [6.07, 6.45) is 1.79. The predicted octanol–water partition coefficient (Wildman–Crippen LogP) is 10.4. The minimum atomic E-state index is -0.247. The summed E-state index contributed by atoms with van der Waals surface area (Å²) in [5.41, 5.74) is 6.85. The first-order chi connectivity index (χ1) is 20.7. The summed E-state index contributed by atoms with van der Waals surface area (Å²) in [7, 11) is 0. The van der Waals surface area contributed by atoms with Crippen LogP contribution in [0.5, 0.6) is 0 Å². The zero-order valence-electron chi connectivity index (χ0n) is 22.8. The molecule has 2 nitrogen and oxygen atoms in total. The average Bonchev–Trinajstić information content (AvgIpc) is 3.44. The molecule has 0 amide bonds. The van der Waals surface area contributed by atoms with Crippen molar-refractivity contribution in [2.45, 2.75) is 0 Å². The predicted molar refractivity (Wildman–Crippen MR) is 173 cm³/mol. The van der Waals surface area contributed by atoms with Gasteiger partial charge in [-0.3, -0.25) is 4.98 Å². The fourth-order valence-electron chi connectivity index (χ4n) is 5.08. The van der Waals surface area contributed by atoms with Gasteiger partial charge in [0.05, 0.1) is 5.52 Å². The van der Waals surface area contributed by atoms with Crippen molar-refractivity contribution in [1.29, 1.82) is 0 Å². The van der Waals surface area contributed by atoms with E-state index in [4.69, 9.17) is 0 Å². The average molecular weight is 751 g/mol. The maximum atomic E-state index is 14.0. The van der Waals surface area contributed by atoms with Crippen LogP contribution in [0.3, 0.4) is 0 Å². The molecule has 0 aliphatic carbocycles. The third-order valence-corrected chi connectivity index (χ3v) is 8.32. The molecule has 8 aromatic rings. The quantitative estimate of drug-likeness (QED) is 0.168. The molecule has 0 N–H and O–H groups in total. The number of hydrogen-bond donors (Lipinski definition) is 0. The number of halogens is 1. The molecule has 0 aliphatic heterocycles. The number of benzene rings is 5. The van der Waals surface area contributed by atoms with E-state index in [1.54, 1.807) is 29.7 Å². The Balaban J connectivity index is 0.000000213. The summed E-state index contributed by atoms with van der Waals surface area (Å²) in [4.78, 5) is 8.89. The molecule has 1 radical (unpaired) electrons. The topological polar surface area (TPSA) is 25.8 Å². The van der Waals surface area contributed by atoms with E-state index in [9.17, 15) is 4.39 Å². The number of nitrogens with zero attached hydrogens (tertiary/aromatic N) is 2. The summed E-state index contributed by atoms with van der Waals surface area (Å²) in [5, 5.41) is 2.97. The molecule has 5 aromatic carbocycles. The van der Waals surface area contributed by atoms with Gasteiger partial charge in [-0.05, 0) is 50.8 Å². The van der Waals surface area contributed by atoms with E-state index < -0.39 is 0 Å². The van der Waals surface area contributed by atoms with Crippen LogP contribution in [0.15, 0.2) is 140 Å². The first kappa shape index (κ1) is 28.6. The van der Waals surface area contributed by atoms with Crippen LogP contribution >= 0.6 is 11.3 Å². The van der Waals surface area contributed by atoms with E-state index in [1.807, 2.05) is 66.7 Å². The van der Waals surface area contributed by atoms with Crippen LogP contribution in [-0.2, 0) is 20.1 Å². The second kappa shape index (κ2) is 12.8. The normalized spacial score (nSPS) is 10.7. The summed E-state index contributed by atoms with van der Waals surface area (Å²) in [6, 6.07) is 50.0. The molecule has 43 heavy (non-hydrogen) atoms. The summed E-state index contributed by atoms with van der Waals surface area (Å²) >= 11 is 1.79. The Morgan fingerprint density at radius 3 is 2.28 bits per heavy atom. The fourth-order valence-corrected chi connectivity index (χ4v) is 6.28. The van der Waals surface area contributed by atoms with Crippen molar-refractivity contribution in [3.63, 3.8) is 0 Å². The Kier molecular flexibility index (Phi) is 8.48. The summed E-state index contributed by atoms with van der Waals surface area (Å²) in [6.45, 7) is 0. The molecule has 8 rings (SSSR count). The van der Waals surface area contributed by atoms with Crippen molar-refractivity contribution >= 4 is 42.4 Å². The van der Waals surface area contributed by atoms with Crippen LogP contribution < -0.4 is 0 Å². The molecule has 0 atom stereocenters. The Morgan fingerprint density at radius 2 is 1.47 bits per heavy atom. The van der Waals surface area contributed by atoms with Crippen LogP contribution in [0.2, 0.25) is 0 Å². The van der Waals surface area contributed by atoms with E-state index in [-0.39, 0.29) is 25.9 Å². The SMILES string of the molecule is Fc1cccc2nc(-c3[c-]cc4sc5c(-c6ccccc6)cccc5c4c3)ccc12.[Ir].[c-]1ccccc1-c1ccccn1. The largest absolute Gasteiger partial charge is 0.305 e. The number of pyridine rings is 2. The van der Waals surface area contributed by atoms with Crippen LogP contribution in [0.25, 0.3) is 64.7 Å². The van der Waals surface area contributed by atoms with Gasteiger partial charge in [-0.15, -0.1) is 59.7 Å². The summed E-state index contributed by atoms with van der Waals surface area (Å²) < 4.78 is 16.5. The smallest absolute Gasteiger partial charge is 0.132 e. The van der Waals surface area contributed by atoms with Gasteiger partial charge in [-0.25, -0.2) is 4.39 Å². The molecule has 0 bridgehead atoms. The van der Waals surface area contributed by atoms with Gasteiger partial charge in [0, 0.05) is 36.4 Å². The molecule has 0 unspecified atom stereocenters. The van der Waals surface area contributed by atoms with Crippen LogP contribution in [0, 0.1) is 17.9 Å². The standard InChI is InChI=1S/C27H15FNS.C11H8N.Ir/c28-23-10-5-11-25-21(23)13-14-24(29-25)18-12-15-26-22(16-18)20-9-4-8-19(27(20)30-26)17-6-2-1-3-7-17;1-2-6-10(7-3-1)11-8-4-5-9-12-11;/h1-11,13-16H;1-6,8-9H;/q2*-1;. The zero-order chi connectivity index (χ0) is 28.3. The zero-order valence-corrected chi connectivity index (χ0v) is 26.0. The minimum absolute atomic E-state index is 0. The van der Waals surface area contributed by atoms with E-state index in [2.05, 4.69) is 70.6 Å². The molecule has 0 saturated carbocycles. The Hall–Kier alpha value is -4.54. The molecule has 0 fully saturated rings. The summed E-state index contributed by atoms with van der Waals surface area (Å²) in [5.74, 6) is -0.247. The van der Waals surface area contributed by atoms with Crippen LogP contribution in [0.4, 0.5) is 4.39 Å². The van der Waals surface area contributed by atoms with Gasteiger partial charge in [0.2, 0.25) is 0 Å². The Labute approximate surface area is 266 Å². The molecular weight excluding hydrogens is 728 g/mol. The Bertz CT molecular complexity index is 2110. The van der Waals surface area contributed by atoms with Crippen molar-refractivity contribution in [1.82, 2.24) is 9.97 Å². The van der Waals surface area contributed by atoms with Gasteiger partial charge in [0.25, 0.3) is 0 Å². The van der Waals surface area contributed by atoms with Gasteiger partial charge in [0.15, 0.2) is 0 Å². The first-order valence-electron chi connectivity index (χ1n) is 13.6. The third kappa shape index (κ3) is 5.89. The Morgan fingerprint density at radius 1 is 0.628 bits per heavy atom. The number of hydrogen-bond acceptors (Lipinski definition) is 3. The van der Waals surface area contributed by atoms with Gasteiger partial charge in [-0.2, -0.15) is 11.3 Å². The molecular formula is C38H23FIrN2S-2. The van der Waals surface area contributed by atoms with E-state index >= 15 is 0 Å². The molecule has 209 valence electrons. The molecule has 0 spiro atoms. The molecule has 0 aliphatic rings. The fraction of sp³-hybridized carbons (Fsp3) is 0.